The number of rotatable bonds is 1. The van der Waals surface area contributed by atoms with Gasteiger partial charge in [0.05, 0.1) is 11.6 Å². The van der Waals surface area contributed by atoms with Crippen LogP contribution in [0.4, 0.5) is 8.78 Å². The molecular weight excluding hydrogens is 258 g/mol. The van der Waals surface area contributed by atoms with Gasteiger partial charge in [-0.15, -0.1) is 0 Å². The largest absolute Gasteiger partial charge is 0.310 e. The van der Waals surface area contributed by atoms with Crippen LogP contribution in [0.5, 0.6) is 0 Å². The molecule has 0 bridgehead atoms. The van der Waals surface area contributed by atoms with Crippen molar-refractivity contribution in [3.05, 3.63) is 35.4 Å². The predicted molar refractivity (Wildman–Crippen MR) is 72.4 cm³/mol. The van der Waals surface area contributed by atoms with Crippen LogP contribution in [0.15, 0.2) is 24.3 Å². The summed E-state index contributed by atoms with van der Waals surface area (Å²) in [4.78, 5) is 0. The predicted octanol–water partition coefficient (Wildman–Crippen LogP) is 3.79. The number of benzene rings is 1. The number of alkyl halides is 2. The number of piperidine rings is 1. The molecule has 1 aliphatic heterocycles. The molecule has 1 heterocycles. The molecule has 2 fully saturated rings. The Labute approximate surface area is 117 Å². The highest BCUT2D eigenvalue weighted by molar-refractivity contribution is 5.33. The van der Waals surface area contributed by atoms with Crippen molar-refractivity contribution in [1.82, 2.24) is 5.32 Å². The first kappa shape index (κ1) is 13.5. The van der Waals surface area contributed by atoms with Gasteiger partial charge in [-0.05, 0) is 48.9 Å². The highest BCUT2D eigenvalue weighted by Gasteiger charge is 2.50. The van der Waals surface area contributed by atoms with Crippen molar-refractivity contribution in [3.8, 4) is 6.07 Å². The number of nitriles is 1. The Kier molecular flexibility index (Phi) is 3.25. The van der Waals surface area contributed by atoms with Gasteiger partial charge in [0, 0.05) is 18.9 Å². The zero-order chi connectivity index (χ0) is 14.2. The Bertz CT molecular complexity index is 532. The van der Waals surface area contributed by atoms with Crippen LogP contribution >= 0.6 is 0 Å². The lowest BCUT2D eigenvalue weighted by molar-refractivity contribution is -0.00991. The topological polar surface area (TPSA) is 35.8 Å². The first-order valence-electron chi connectivity index (χ1n) is 7.13. The highest BCUT2D eigenvalue weighted by Crippen LogP contribution is 2.54. The molecule has 1 aromatic rings. The molecule has 1 saturated heterocycles. The first-order chi connectivity index (χ1) is 9.52. The van der Waals surface area contributed by atoms with Crippen molar-refractivity contribution in [2.45, 2.75) is 44.1 Å². The molecule has 1 saturated carbocycles. The summed E-state index contributed by atoms with van der Waals surface area (Å²) < 4.78 is 27.1. The second-order valence-corrected chi connectivity index (χ2v) is 6.23. The maximum Gasteiger partial charge on any atom is 0.248 e. The van der Waals surface area contributed by atoms with Gasteiger partial charge in [0.2, 0.25) is 5.92 Å². The molecule has 2 unspecified atom stereocenters. The van der Waals surface area contributed by atoms with Gasteiger partial charge in [-0.2, -0.15) is 5.26 Å². The van der Waals surface area contributed by atoms with Crippen LogP contribution in [0.25, 0.3) is 0 Å². The van der Waals surface area contributed by atoms with Crippen molar-refractivity contribution in [2.24, 2.45) is 5.41 Å². The van der Waals surface area contributed by atoms with Gasteiger partial charge in [-0.25, -0.2) is 8.78 Å². The molecule has 0 radical (unpaired) electrons. The highest BCUT2D eigenvalue weighted by atomic mass is 19.3. The molecule has 1 N–H and O–H groups in total. The summed E-state index contributed by atoms with van der Waals surface area (Å²) in [6.07, 6.45) is 2.32. The summed E-state index contributed by atoms with van der Waals surface area (Å²) in [7, 11) is 0. The third-order valence-corrected chi connectivity index (χ3v) is 4.78. The maximum atomic E-state index is 13.5. The average molecular weight is 276 g/mol. The normalized spacial score (nSPS) is 32.1. The lowest BCUT2D eigenvalue weighted by Gasteiger charge is -2.39. The Morgan fingerprint density at radius 3 is 2.50 bits per heavy atom. The van der Waals surface area contributed by atoms with E-state index in [0.29, 0.717) is 12.0 Å². The minimum Gasteiger partial charge on any atom is -0.310 e. The molecule has 1 spiro atoms. The molecule has 3 rings (SSSR count). The van der Waals surface area contributed by atoms with E-state index in [1.165, 1.54) is 0 Å². The Morgan fingerprint density at radius 1 is 1.15 bits per heavy atom. The van der Waals surface area contributed by atoms with Gasteiger partial charge in [-0.3, -0.25) is 0 Å². The van der Waals surface area contributed by atoms with E-state index in [1.54, 1.807) is 12.1 Å². The fourth-order valence-corrected chi connectivity index (χ4v) is 3.71. The zero-order valence-electron chi connectivity index (χ0n) is 11.3. The minimum atomic E-state index is -2.48. The van der Waals surface area contributed by atoms with Crippen LogP contribution in [0.1, 0.15) is 49.3 Å². The molecule has 4 heteroatoms. The van der Waals surface area contributed by atoms with Gasteiger partial charge in [0.25, 0.3) is 0 Å². The van der Waals surface area contributed by atoms with E-state index in [9.17, 15) is 8.78 Å². The van der Waals surface area contributed by atoms with Gasteiger partial charge < -0.3 is 5.32 Å². The van der Waals surface area contributed by atoms with Crippen LogP contribution in [0.3, 0.4) is 0 Å². The minimum absolute atomic E-state index is 0.0348. The van der Waals surface area contributed by atoms with Crippen molar-refractivity contribution in [1.29, 1.82) is 5.26 Å². The maximum absolute atomic E-state index is 13.5. The fourth-order valence-electron chi connectivity index (χ4n) is 3.71. The molecule has 1 aromatic carbocycles. The second-order valence-electron chi connectivity index (χ2n) is 6.23. The smallest absolute Gasteiger partial charge is 0.248 e. The van der Waals surface area contributed by atoms with Crippen molar-refractivity contribution < 1.29 is 8.78 Å². The van der Waals surface area contributed by atoms with Gasteiger partial charge >= 0.3 is 0 Å². The summed E-state index contributed by atoms with van der Waals surface area (Å²) in [6, 6.07) is 9.68. The van der Waals surface area contributed by atoms with E-state index >= 15 is 0 Å². The summed E-state index contributed by atoms with van der Waals surface area (Å²) in [6.45, 7) is 0.792. The number of hydrogen-bond acceptors (Lipinski definition) is 2. The van der Waals surface area contributed by atoms with Crippen LogP contribution in [0, 0.1) is 16.7 Å². The van der Waals surface area contributed by atoms with Crippen LogP contribution in [0.2, 0.25) is 0 Å². The first-order valence-corrected chi connectivity index (χ1v) is 7.13. The average Bonchev–Trinajstić information content (AvgIpc) is 2.74. The molecule has 2 atom stereocenters. The summed E-state index contributed by atoms with van der Waals surface area (Å²) in [5.41, 5.74) is 1.53. The molecule has 0 aromatic heterocycles. The van der Waals surface area contributed by atoms with E-state index in [4.69, 9.17) is 5.26 Å². The fraction of sp³-hybridized carbons (Fsp3) is 0.562. The quantitative estimate of drug-likeness (QED) is 0.847. The molecule has 106 valence electrons. The number of nitrogens with zero attached hydrogens (tertiary/aromatic N) is 1. The second kappa shape index (κ2) is 4.82. The summed E-state index contributed by atoms with van der Waals surface area (Å²) in [5.74, 6) is -2.48. The Morgan fingerprint density at radius 2 is 1.90 bits per heavy atom. The molecule has 1 aliphatic carbocycles. The standard InChI is InChI=1S/C16H18F2N2/c17-16(18)6-5-15(11-16)7-8-20-14(9-15)13-3-1-12(10-19)2-4-13/h1-4,14,20H,5-9,11H2. The lowest BCUT2D eigenvalue weighted by Crippen LogP contribution is -2.38. The van der Waals surface area contributed by atoms with Crippen LogP contribution in [-0.4, -0.2) is 12.5 Å². The number of nitrogens with one attached hydrogen (secondary N) is 1. The van der Waals surface area contributed by atoms with E-state index < -0.39 is 5.92 Å². The van der Waals surface area contributed by atoms with E-state index in [1.807, 2.05) is 12.1 Å². The van der Waals surface area contributed by atoms with Crippen LogP contribution < -0.4 is 5.32 Å². The number of halogens is 2. The molecule has 20 heavy (non-hydrogen) atoms. The third kappa shape index (κ3) is 2.55. The van der Waals surface area contributed by atoms with Gasteiger partial charge in [-0.1, -0.05) is 12.1 Å². The van der Waals surface area contributed by atoms with Gasteiger partial charge in [0.1, 0.15) is 0 Å². The molecular formula is C16H18F2N2. The van der Waals surface area contributed by atoms with Crippen molar-refractivity contribution in [2.75, 3.05) is 6.54 Å². The van der Waals surface area contributed by atoms with Crippen LogP contribution in [-0.2, 0) is 0 Å². The summed E-state index contributed by atoms with van der Waals surface area (Å²) in [5, 5.41) is 12.2. The van der Waals surface area contributed by atoms with E-state index in [0.717, 1.165) is 24.9 Å². The monoisotopic (exact) mass is 276 g/mol. The Hall–Kier alpha value is -1.47. The summed E-state index contributed by atoms with van der Waals surface area (Å²) >= 11 is 0. The third-order valence-electron chi connectivity index (χ3n) is 4.78. The molecule has 2 nitrogen and oxygen atoms in total. The number of hydrogen-bond donors (Lipinski definition) is 1. The van der Waals surface area contributed by atoms with Crippen molar-refractivity contribution >= 4 is 0 Å². The molecule has 0 amide bonds. The van der Waals surface area contributed by atoms with Crippen molar-refractivity contribution in [3.63, 3.8) is 0 Å². The lowest BCUT2D eigenvalue weighted by atomic mass is 9.73. The SMILES string of the molecule is N#Cc1ccc(C2CC3(CCN2)CCC(F)(F)C3)cc1. The van der Waals surface area contributed by atoms with E-state index in [-0.39, 0.29) is 24.3 Å². The zero-order valence-corrected chi connectivity index (χ0v) is 11.3. The molecule has 2 aliphatic rings. The van der Waals surface area contributed by atoms with Gasteiger partial charge in [0.15, 0.2) is 0 Å². The van der Waals surface area contributed by atoms with E-state index in [2.05, 4.69) is 11.4 Å². The Balaban J connectivity index is 1.77.